The summed E-state index contributed by atoms with van der Waals surface area (Å²) in [4.78, 5) is 0. The van der Waals surface area contributed by atoms with Crippen LogP contribution in [-0.4, -0.2) is 0 Å². The smallest absolute Gasteiger partial charge is 0.0434 e. The van der Waals surface area contributed by atoms with Crippen LogP contribution in [0.1, 0.15) is 0 Å². The van der Waals surface area contributed by atoms with E-state index in [4.69, 9.17) is 0 Å². The predicted octanol–water partition coefficient (Wildman–Crippen LogP) is 11.5. The van der Waals surface area contributed by atoms with Crippen LogP contribution < -0.4 is 0 Å². The summed E-state index contributed by atoms with van der Waals surface area (Å²) in [6, 6.07) is 44.9. The Hall–Kier alpha value is -4.24. The van der Waals surface area contributed by atoms with Crippen LogP contribution in [0.2, 0.25) is 0 Å². The Balaban J connectivity index is 1.63. The molecule has 0 saturated heterocycles. The molecule has 9 rings (SSSR count). The summed E-state index contributed by atoms with van der Waals surface area (Å²) in [5.41, 5.74) is 2.56. The van der Waals surface area contributed by atoms with Gasteiger partial charge in [0.2, 0.25) is 0 Å². The van der Waals surface area contributed by atoms with Gasteiger partial charge in [-0.25, -0.2) is 0 Å². The van der Waals surface area contributed by atoms with Gasteiger partial charge in [-0.05, 0) is 51.6 Å². The molecule has 2 heteroatoms. The SMILES string of the molecule is c1ccc(-c2cc3c(sc4cccc5c4c3c3cccc4sc6ccccc6c5c43)c3ccccc23)cc1. The standard InChI is InChI=1S/C36H20S2/c1-2-10-21(11-3-1)27-20-28-33-26-16-8-18-30-34(26)32(24-14-6-7-17-29(24)37-30)25-15-9-19-31(35(25)33)38-36(28)23-13-5-4-12-22(23)27/h1-20H. The van der Waals surface area contributed by atoms with Crippen LogP contribution in [0.3, 0.4) is 0 Å². The highest BCUT2D eigenvalue weighted by Crippen LogP contribution is 2.50. The summed E-state index contributed by atoms with van der Waals surface area (Å²) in [7, 11) is 0. The summed E-state index contributed by atoms with van der Waals surface area (Å²) < 4.78 is 5.41. The maximum absolute atomic E-state index is 2.46. The van der Waals surface area contributed by atoms with Crippen molar-refractivity contribution in [1.29, 1.82) is 0 Å². The second-order valence-electron chi connectivity index (χ2n) is 10.0. The van der Waals surface area contributed by atoms with Gasteiger partial charge >= 0.3 is 0 Å². The number of hydrogen-bond acceptors (Lipinski definition) is 2. The molecule has 0 aliphatic carbocycles. The minimum Gasteiger partial charge on any atom is -0.135 e. The molecule has 0 N–H and O–H groups in total. The van der Waals surface area contributed by atoms with Crippen molar-refractivity contribution >= 4 is 95.3 Å². The molecule has 7 aromatic carbocycles. The molecule has 0 atom stereocenters. The maximum atomic E-state index is 2.46. The van der Waals surface area contributed by atoms with Crippen molar-refractivity contribution in [2.75, 3.05) is 0 Å². The van der Waals surface area contributed by atoms with E-state index in [9.17, 15) is 0 Å². The zero-order valence-corrected chi connectivity index (χ0v) is 22.0. The molecule has 38 heavy (non-hydrogen) atoms. The quantitative estimate of drug-likeness (QED) is 0.150. The van der Waals surface area contributed by atoms with Gasteiger partial charge in [0.25, 0.3) is 0 Å². The summed E-state index contributed by atoms with van der Waals surface area (Å²) >= 11 is 3.84. The molecular formula is C36H20S2. The van der Waals surface area contributed by atoms with Crippen molar-refractivity contribution < 1.29 is 0 Å². The summed E-state index contributed by atoms with van der Waals surface area (Å²) in [5, 5.41) is 13.6. The van der Waals surface area contributed by atoms with Crippen molar-refractivity contribution in [1.82, 2.24) is 0 Å². The molecule has 2 heterocycles. The van der Waals surface area contributed by atoms with E-state index in [0.717, 1.165) is 0 Å². The Morgan fingerprint density at radius 3 is 1.66 bits per heavy atom. The third kappa shape index (κ3) is 2.69. The minimum absolute atomic E-state index is 1.26. The van der Waals surface area contributed by atoms with E-state index < -0.39 is 0 Å². The molecule has 0 radical (unpaired) electrons. The zero-order valence-electron chi connectivity index (χ0n) is 20.4. The van der Waals surface area contributed by atoms with E-state index in [1.807, 2.05) is 22.7 Å². The Morgan fingerprint density at radius 2 is 0.895 bits per heavy atom. The first-order valence-corrected chi connectivity index (χ1v) is 14.6. The summed E-state index contributed by atoms with van der Waals surface area (Å²) in [6.45, 7) is 0. The van der Waals surface area contributed by atoms with Gasteiger partial charge in [0.05, 0.1) is 0 Å². The molecular weight excluding hydrogens is 497 g/mol. The van der Waals surface area contributed by atoms with Crippen molar-refractivity contribution in [3.05, 3.63) is 121 Å². The molecule has 0 spiro atoms. The molecule has 2 aromatic heterocycles. The highest BCUT2D eigenvalue weighted by atomic mass is 32.1. The average Bonchev–Trinajstić information content (AvgIpc) is 2.98. The monoisotopic (exact) mass is 516 g/mol. The summed E-state index contributed by atoms with van der Waals surface area (Å²) in [5.74, 6) is 0. The van der Waals surface area contributed by atoms with Gasteiger partial charge in [0, 0.05) is 56.5 Å². The van der Waals surface area contributed by atoms with Crippen LogP contribution >= 0.6 is 22.7 Å². The Kier molecular flexibility index (Phi) is 4.18. The van der Waals surface area contributed by atoms with E-state index in [1.54, 1.807) is 0 Å². The molecule has 176 valence electrons. The fourth-order valence-electron chi connectivity index (χ4n) is 6.49. The van der Waals surface area contributed by atoms with Gasteiger partial charge in [-0.3, -0.25) is 0 Å². The largest absolute Gasteiger partial charge is 0.135 e. The molecule has 0 aliphatic heterocycles. The fourth-order valence-corrected chi connectivity index (χ4v) is 8.85. The lowest BCUT2D eigenvalue weighted by Gasteiger charge is -2.19. The Labute approximate surface area is 227 Å². The minimum atomic E-state index is 1.26. The normalized spacial score (nSPS) is 12.2. The molecule has 0 unspecified atom stereocenters. The van der Waals surface area contributed by atoms with Crippen molar-refractivity contribution in [2.45, 2.75) is 0 Å². The fraction of sp³-hybridized carbons (Fsp3) is 0. The maximum Gasteiger partial charge on any atom is 0.0434 e. The van der Waals surface area contributed by atoms with Crippen LogP contribution in [0.4, 0.5) is 0 Å². The van der Waals surface area contributed by atoms with Crippen LogP contribution in [0, 0.1) is 0 Å². The van der Waals surface area contributed by atoms with Crippen LogP contribution in [-0.2, 0) is 0 Å². The first-order valence-electron chi connectivity index (χ1n) is 12.9. The zero-order chi connectivity index (χ0) is 24.8. The van der Waals surface area contributed by atoms with Crippen molar-refractivity contribution in [2.24, 2.45) is 0 Å². The van der Waals surface area contributed by atoms with Crippen molar-refractivity contribution in [3.63, 3.8) is 0 Å². The topological polar surface area (TPSA) is 0 Å². The van der Waals surface area contributed by atoms with Crippen LogP contribution in [0.15, 0.2) is 121 Å². The molecule has 0 saturated carbocycles. The number of fused-ring (bicyclic) bond motifs is 8. The Morgan fingerprint density at radius 1 is 0.342 bits per heavy atom. The lowest BCUT2D eigenvalue weighted by atomic mass is 9.89. The average molecular weight is 517 g/mol. The Bertz CT molecular complexity index is 2390. The predicted molar refractivity (Wildman–Crippen MR) is 170 cm³/mol. The number of rotatable bonds is 1. The number of benzene rings is 7. The van der Waals surface area contributed by atoms with Crippen LogP contribution in [0.5, 0.6) is 0 Å². The van der Waals surface area contributed by atoms with E-state index >= 15 is 0 Å². The third-order valence-electron chi connectivity index (χ3n) is 8.03. The second kappa shape index (κ2) is 7.64. The molecule has 0 nitrogen and oxygen atoms in total. The van der Waals surface area contributed by atoms with Gasteiger partial charge in [-0.15, -0.1) is 22.7 Å². The first kappa shape index (κ1) is 20.8. The number of hydrogen-bond donors (Lipinski definition) is 0. The lowest BCUT2D eigenvalue weighted by Crippen LogP contribution is -1.90. The van der Waals surface area contributed by atoms with Crippen LogP contribution in [0.25, 0.3) is 83.8 Å². The highest BCUT2D eigenvalue weighted by molar-refractivity contribution is 7.26. The van der Waals surface area contributed by atoms with E-state index in [0.29, 0.717) is 0 Å². The molecule has 0 amide bonds. The van der Waals surface area contributed by atoms with Crippen molar-refractivity contribution in [3.8, 4) is 11.1 Å². The third-order valence-corrected chi connectivity index (χ3v) is 10.4. The molecule has 0 bridgehead atoms. The first-order chi connectivity index (χ1) is 18.9. The van der Waals surface area contributed by atoms with E-state index in [1.165, 1.54) is 83.8 Å². The van der Waals surface area contributed by atoms with Gasteiger partial charge in [-0.1, -0.05) is 97.1 Å². The lowest BCUT2D eigenvalue weighted by molar-refractivity contribution is 1.67. The second-order valence-corrected chi connectivity index (χ2v) is 12.2. The van der Waals surface area contributed by atoms with E-state index in [2.05, 4.69) is 121 Å². The van der Waals surface area contributed by atoms with E-state index in [-0.39, 0.29) is 0 Å². The summed E-state index contributed by atoms with van der Waals surface area (Å²) in [6.07, 6.45) is 0. The van der Waals surface area contributed by atoms with Gasteiger partial charge in [0.15, 0.2) is 0 Å². The molecule has 0 fully saturated rings. The van der Waals surface area contributed by atoms with Gasteiger partial charge in [-0.2, -0.15) is 0 Å². The molecule has 9 aromatic rings. The highest BCUT2D eigenvalue weighted by Gasteiger charge is 2.20. The molecule has 0 aliphatic rings. The van der Waals surface area contributed by atoms with Gasteiger partial charge in [0.1, 0.15) is 0 Å². The van der Waals surface area contributed by atoms with Gasteiger partial charge < -0.3 is 0 Å².